The van der Waals surface area contributed by atoms with E-state index in [2.05, 4.69) is 4.99 Å². The molecular formula is C10H10FN3O2. The molecule has 0 saturated carbocycles. The number of rotatable bonds is 1. The Labute approximate surface area is 91.0 Å². The smallest absolute Gasteiger partial charge is 0.345 e. The van der Waals surface area contributed by atoms with Crippen LogP contribution in [0.15, 0.2) is 23.2 Å². The van der Waals surface area contributed by atoms with Gasteiger partial charge in [0.25, 0.3) is 0 Å². The average molecular weight is 223 g/mol. The van der Waals surface area contributed by atoms with Gasteiger partial charge in [0.05, 0.1) is 0 Å². The minimum Gasteiger partial charge on any atom is -0.505 e. The number of carbonyl (C=O) groups excluding carboxylic acids is 1. The number of urea groups is 1. The first kappa shape index (κ1) is 10.4. The Morgan fingerprint density at radius 2 is 2.25 bits per heavy atom. The highest BCUT2D eigenvalue weighted by Crippen LogP contribution is 2.27. The van der Waals surface area contributed by atoms with Crippen LogP contribution in [0.4, 0.5) is 9.18 Å². The van der Waals surface area contributed by atoms with Gasteiger partial charge in [0.15, 0.2) is 11.6 Å². The van der Waals surface area contributed by atoms with Gasteiger partial charge in [-0.1, -0.05) is 6.07 Å². The van der Waals surface area contributed by atoms with Gasteiger partial charge in [0.2, 0.25) is 0 Å². The first-order chi connectivity index (χ1) is 7.50. The number of carbonyl (C=O) groups is 1. The van der Waals surface area contributed by atoms with E-state index >= 15 is 0 Å². The van der Waals surface area contributed by atoms with E-state index in [1.807, 2.05) is 0 Å². The van der Waals surface area contributed by atoms with Crippen LogP contribution in [0.5, 0.6) is 5.75 Å². The number of hydrogen-bond acceptors (Lipinski definition) is 3. The van der Waals surface area contributed by atoms with Gasteiger partial charge >= 0.3 is 6.03 Å². The van der Waals surface area contributed by atoms with Crippen LogP contribution in [-0.4, -0.2) is 28.9 Å². The molecule has 0 bridgehead atoms. The van der Waals surface area contributed by atoms with E-state index in [9.17, 15) is 9.18 Å². The summed E-state index contributed by atoms with van der Waals surface area (Å²) in [5, 5.41) is 9.05. The standard InChI is InChI=1S/C10H10FN3O2/c1-14-8(9(12)13-10(14)16)5-2-3-7(15)6(11)4-5/h2-4,8,15H,1H3,(H2,12,13,16). The molecule has 16 heavy (non-hydrogen) atoms. The molecule has 1 aromatic carbocycles. The predicted octanol–water partition coefficient (Wildman–Crippen LogP) is 0.995. The predicted molar refractivity (Wildman–Crippen MR) is 55.6 cm³/mol. The topological polar surface area (TPSA) is 78.9 Å². The molecule has 0 saturated heterocycles. The fourth-order valence-corrected chi connectivity index (χ4v) is 1.65. The summed E-state index contributed by atoms with van der Waals surface area (Å²) in [4.78, 5) is 16.1. The molecule has 0 aliphatic carbocycles. The number of amidine groups is 1. The second kappa shape index (κ2) is 3.48. The maximum absolute atomic E-state index is 13.1. The molecule has 1 aliphatic rings. The summed E-state index contributed by atoms with van der Waals surface area (Å²) < 4.78 is 13.1. The van der Waals surface area contributed by atoms with Crippen LogP contribution < -0.4 is 5.73 Å². The Bertz CT molecular complexity index is 487. The van der Waals surface area contributed by atoms with E-state index < -0.39 is 23.6 Å². The van der Waals surface area contributed by atoms with Gasteiger partial charge in [-0.25, -0.2) is 9.18 Å². The van der Waals surface area contributed by atoms with E-state index in [1.165, 1.54) is 24.1 Å². The van der Waals surface area contributed by atoms with Crippen LogP contribution in [0.1, 0.15) is 11.6 Å². The van der Waals surface area contributed by atoms with Crippen molar-refractivity contribution in [3.63, 3.8) is 0 Å². The van der Waals surface area contributed by atoms with Crippen molar-refractivity contribution < 1.29 is 14.3 Å². The van der Waals surface area contributed by atoms with Crippen molar-refractivity contribution in [1.82, 2.24) is 4.90 Å². The number of phenolic OH excluding ortho intramolecular Hbond substituents is 1. The third-order valence-corrected chi connectivity index (χ3v) is 2.48. The molecule has 1 atom stereocenters. The zero-order valence-corrected chi connectivity index (χ0v) is 8.51. The third-order valence-electron chi connectivity index (χ3n) is 2.48. The number of benzene rings is 1. The molecule has 2 amide bonds. The molecule has 0 fully saturated rings. The molecule has 1 aliphatic heterocycles. The highest BCUT2D eigenvalue weighted by molar-refractivity contribution is 6.03. The number of aliphatic imine (C=N–C) groups is 1. The summed E-state index contributed by atoms with van der Waals surface area (Å²) in [6, 6.07) is 2.82. The number of phenols is 1. The molecule has 1 heterocycles. The highest BCUT2D eigenvalue weighted by atomic mass is 19.1. The second-order valence-corrected chi connectivity index (χ2v) is 3.54. The number of amides is 2. The van der Waals surface area contributed by atoms with Gasteiger partial charge in [-0.15, -0.1) is 0 Å². The molecule has 0 radical (unpaired) electrons. The molecule has 84 valence electrons. The Balaban J connectivity index is 2.42. The zero-order chi connectivity index (χ0) is 11.9. The SMILES string of the molecule is CN1C(=O)N=C(N)C1c1ccc(O)c(F)c1. The summed E-state index contributed by atoms with van der Waals surface area (Å²) >= 11 is 0. The monoisotopic (exact) mass is 223 g/mol. The van der Waals surface area contributed by atoms with Crippen LogP contribution in [0.2, 0.25) is 0 Å². The van der Waals surface area contributed by atoms with E-state index in [0.717, 1.165) is 6.07 Å². The summed E-state index contributed by atoms with van der Waals surface area (Å²) in [6.07, 6.45) is 0. The molecule has 1 aromatic rings. The molecule has 0 aromatic heterocycles. The first-order valence-electron chi connectivity index (χ1n) is 4.60. The average Bonchev–Trinajstić information content (AvgIpc) is 2.47. The van der Waals surface area contributed by atoms with Crippen molar-refractivity contribution in [2.24, 2.45) is 10.7 Å². The number of nitrogens with two attached hydrogens (primary N) is 1. The number of nitrogens with zero attached hydrogens (tertiary/aromatic N) is 2. The van der Waals surface area contributed by atoms with Crippen LogP contribution in [-0.2, 0) is 0 Å². The van der Waals surface area contributed by atoms with Gasteiger partial charge in [-0.05, 0) is 17.7 Å². The molecule has 2 rings (SSSR count). The van der Waals surface area contributed by atoms with E-state index in [-0.39, 0.29) is 5.84 Å². The van der Waals surface area contributed by atoms with Crippen LogP contribution in [0, 0.1) is 5.82 Å². The largest absolute Gasteiger partial charge is 0.505 e. The molecule has 1 unspecified atom stereocenters. The Morgan fingerprint density at radius 3 is 2.75 bits per heavy atom. The minimum absolute atomic E-state index is 0.123. The quantitative estimate of drug-likeness (QED) is 0.745. The molecule has 3 N–H and O–H groups in total. The maximum Gasteiger partial charge on any atom is 0.345 e. The molecule has 5 nitrogen and oxygen atoms in total. The summed E-state index contributed by atoms with van der Waals surface area (Å²) in [7, 11) is 1.53. The lowest BCUT2D eigenvalue weighted by Crippen LogP contribution is -2.30. The van der Waals surface area contributed by atoms with E-state index in [4.69, 9.17) is 10.8 Å². The van der Waals surface area contributed by atoms with Gasteiger partial charge in [-0.2, -0.15) is 4.99 Å². The lowest BCUT2D eigenvalue weighted by Gasteiger charge is -2.19. The number of halogens is 1. The lowest BCUT2D eigenvalue weighted by molar-refractivity contribution is 0.218. The Hall–Kier alpha value is -2.11. The molecule has 6 heteroatoms. The lowest BCUT2D eigenvalue weighted by atomic mass is 10.1. The normalized spacial score (nSPS) is 20.1. The molecule has 0 spiro atoms. The van der Waals surface area contributed by atoms with Gasteiger partial charge in [0, 0.05) is 7.05 Å². The van der Waals surface area contributed by atoms with Crippen molar-refractivity contribution >= 4 is 11.9 Å². The summed E-state index contributed by atoms with van der Waals surface area (Å²) in [5.41, 5.74) is 6.06. The Morgan fingerprint density at radius 1 is 1.56 bits per heavy atom. The van der Waals surface area contributed by atoms with Crippen LogP contribution >= 0.6 is 0 Å². The fraction of sp³-hybridized carbons (Fsp3) is 0.200. The molecular weight excluding hydrogens is 213 g/mol. The second-order valence-electron chi connectivity index (χ2n) is 3.54. The van der Waals surface area contributed by atoms with Crippen molar-refractivity contribution in [2.75, 3.05) is 7.05 Å². The Kier molecular flexibility index (Phi) is 2.26. The van der Waals surface area contributed by atoms with Crippen LogP contribution in [0.3, 0.4) is 0 Å². The zero-order valence-electron chi connectivity index (χ0n) is 8.51. The summed E-state index contributed by atoms with van der Waals surface area (Å²) in [5.74, 6) is -1.07. The van der Waals surface area contributed by atoms with E-state index in [0.29, 0.717) is 5.56 Å². The summed E-state index contributed by atoms with van der Waals surface area (Å²) in [6.45, 7) is 0. The number of aromatic hydroxyl groups is 1. The minimum atomic E-state index is -0.752. The van der Waals surface area contributed by atoms with Crippen molar-refractivity contribution in [1.29, 1.82) is 0 Å². The fourth-order valence-electron chi connectivity index (χ4n) is 1.65. The van der Waals surface area contributed by atoms with Crippen molar-refractivity contribution in [3.8, 4) is 5.75 Å². The maximum atomic E-state index is 13.1. The van der Waals surface area contributed by atoms with Gasteiger partial charge in [0.1, 0.15) is 11.9 Å². The number of likely N-dealkylation sites (N-methyl/N-ethyl adjacent to an activating group) is 1. The first-order valence-corrected chi connectivity index (χ1v) is 4.60. The third kappa shape index (κ3) is 1.48. The van der Waals surface area contributed by atoms with Crippen LogP contribution in [0.25, 0.3) is 0 Å². The van der Waals surface area contributed by atoms with E-state index in [1.54, 1.807) is 0 Å². The number of hydrogen-bond donors (Lipinski definition) is 2. The van der Waals surface area contributed by atoms with Gasteiger partial charge in [-0.3, -0.25) is 0 Å². The highest BCUT2D eigenvalue weighted by Gasteiger charge is 2.31. The van der Waals surface area contributed by atoms with Crippen molar-refractivity contribution in [2.45, 2.75) is 6.04 Å². The van der Waals surface area contributed by atoms with Gasteiger partial charge < -0.3 is 15.7 Å². The van der Waals surface area contributed by atoms with Crippen molar-refractivity contribution in [3.05, 3.63) is 29.6 Å².